The van der Waals surface area contributed by atoms with E-state index in [0.717, 1.165) is 6.07 Å². The van der Waals surface area contributed by atoms with Gasteiger partial charge in [0.05, 0.1) is 23.9 Å². The van der Waals surface area contributed by atoms with Gasteiger partial charge in [0.1, 0.15) is 0 Å². The predicted molar refractivity (Wildman–Crippen MR) is 92.3 cm³/mol. The Bertz CT molecular complexity index is 782. The molecule has 0 unspecified atom stereocenters. The van der Waals surface area contributed by atoms with Gasteiger partial charge in [-0.05, 0) is 37.9 Å². The summed E-state index contributed by atoms with van der Waals surface area (Å²) in [6, 6.07) is 2.24. The Labute approximate surface area is 155 Å². The quantitative estimate of drug-likeness (QED) is 0.512. The second-order valence-electron chi connectivity index (χ2n) is 6.32. The van der Waals surface area contributed by atoms with Crippen molar-refractivity contribution in [1.82, 2.24) is 4.90 Å². The highest BCUT2D eigenvalue weighted by Gasteiger charge is 2.26. The predicted octanol–water partition coefficient (Wildman–Crippen LogP) is 1.71. The Hall–Kier alpha value is -2.05. The number of hydrogen-bond donors (Lipinski definition) is 1. The minimum Gasteiger partial charge on any atom is -0.493 e. The lowest BCUT2D eigenvalue weighted by Crippen LogP contribution is -2.36. The van der Waals surface area contributed by atoms with Crippen LogP contribution in [-0.4, -0.2) is 50.8 Å². The number of alkyl halides is 2. The number of benzene rings is 1. The molecule has 1 aromatic rings. The van der Waals surface area contributed by atoms with E-state index in [-0.39, 0.29) is 29.7 Å². The molecule has 0 amide bonds. The van der Waals surface area contributed by atoms with Crippen LogP contribution < -0.4 is 14.6 Å². The third-order valence-electron chi connectivity index (χ3n) is 4.35. The highest BCUT2D eigenvalue weighted by atomic mass is 32.2. The fourth-order valence-corrected chi connectivity index (χ4v) is 4.11. The second-order valence-corrected chi connectivity index (χ2v) is 7.98. The van der Waals surface area contributed by atoms with Crippen molar-refractivity contribution in [1.29, 1.82) is 0 Å². The van der Waals surface area contributed by atoms with Crippen molar-refractivity contribution in [2.45, 2.75) is 26.0 Å². The van der Waals surface area contributed by atoms with Gasteiger partial charge in [-0.25, -0.2) is 13.6 Å². The maximum Gasteiger partial charge on any atom is 0.387 e. The molecule has 0 aliphatic carbocycles. The molecule has 1 aliphatic heterocycles. The molecule has 1 fully saturated rings. The highest BCUT2D eigenvalue weighted by molar-refractivity contribution is 7.89. The van der Waals surface area contributed by atoms with Crippen molar-refractivity contribution in [2.24, 2.45) is 11.1 Å². The molecule has 12 heteroatoms. The third kappa shape index (κ3) is 6.26. The number of nitrogens with zero attached hydrogens (tertiary/aromatic N) is 2. The molecule has 152 valence electrons. The van der Waals surface area contributed by atoms with Crippen LogP contribution in [0.1, 0.15) is 18.4 Å². The fraction of sp³-hybridized carbons (Fsp3) is 0.600. The summed E-state index contributed by atoms with van der Waals surface area (Å²) in [6.45, 7) is -1.87. The maximum atomic E-state index is 12.5. The Morgan fingerprint density at radius 1 is 1.33 bits per heavy atom. The van der Waals surface area contributed by atoms with E-state index in [9.17, 15) is 27.3 Å². The number of primary sulfonamides is 1. The Morgan fingerprint density at radius 2 is 1.96 bits per heavy atom. The highest BCUT2D eigenvalue weighted by Crippen LogP contribution is 2.36. The molecule has 1 saturated heterocycles. The second kappa shape index (κ2) is 8.76. The molecule has 0 spiro atoms. The number of likely N-dealkylation sites (tertiary alicyclic amines) is 1. The number of piperidine rings is 1. The fourth-order valence-electron chi connectivity index (χ4n) is 3.12. The molecular formula is C15H21F2N3O6S. The third-order valence-corrected chi connectivity index (χ3v) is 5.28. The van der Waals surface area contributed by atoms with Crippen molar-refractivity contribution < 1.29 is 31.6 Å². The number of halogens is 2. The van der Waals surface area contributed by atoms with E-state index >= 15 is 0 Å². The van der Waals surface area contributed by atoms with Crippen LogP contribution in [0.25, 0.3) is 0 Å². The van der Waals surface area contributed by atoms with E-state index in [1.165, 1.54) is 13.2 Å². The molecule has 0 aromatic heterocycles. The van der Waals surface area contributed by atoms with Gasteiger partial charge in [-0.1, -0.05) is 0 Å². The normalized spacial score (nSPS) is 16.5. The topological polar surface area (TPSA) is 125 Å². The summed E-state index contributed by atoms with van der Waals surface area (Å²) in [5, 5.41) is 16.4. The van der Waals surface area contributed by atoms with Gasteiger partial charge >= 0.3 is 6.61 Å². The molecule has 0 bridgehead atoms. The standard InChI is InChI=1S/C15H21F2N3O6S/c1-25-13-6-11(12(20(21)22)7-14(13)26-15(16)17)8-19-4-2-10(3-5-19)9-27(18,23)24/h6-7,10,15H,2-5,8-9H2,1H3,(H2,18,23,24). The molecule has 0 saturated carbocycles. The largest absolute Gasteiger partial charge is 0.493 e. The number of methoxy groups -OCH3 is 1. The average Bonchev–Trinajstić information content (AvgIpc) is 2.55. The number of sulfonamides is 1. The van der Waals surface area contributed by atoms with Crippen LogP contribution in [0.4, 0.5) is 14.5 Å². The Balaban J connectivity index is 2.15. The van der Waals surface area contributed by atoms with Crippen molar-refractivity contribution in [3.63, 3.8) is 0 Å². The molecular weight excluding hydrogens is 388 g/mol. The van der Waals surface area contributed by atoms with E-state index in [4.69, 9.17) is 9.88 Å². The summed E-state index contributed by atoms with van der Waals surface area (Å²) in [6.07, 6.45) is 1.18. The first-order valence-electron chi connectivity index (χ1n) is 8.12. The first-order chi connectivity index (χ1) is 12.6. The number of nitro benzene ring substituents is 1. The lowest BCUT2D eigenvalue weighted by atomic mass is 9.98. The number of nitro groups is 1. The summed E-state index contributed by atoms with van der Waals surface area (Å²) in [4.78, 5) is 12.6. The zero-order valence-corrected chi connectivity index (χ0v) is 15.5. The van der Waals surface area contributed by atoms with Gasteiger partial charge in [0, 0.05) is 12.1 Å². The van der Waals surface area contributed by atoms with Crippen LogP contribution in [0.5, 0.6) is 11.5 Å². The number of nitrogens with two attached hydrogens (primary N) is 1. The molecule has 1 heterocycles. The van der Waals surface area contributed by atoms with Gasteiger partial charge in [-0.2, -0.15) is 8.78 Å². The molecule has 9 nitrogen and oxygen atoms in total. The lowest BCUT2D eigenvalue weighted by Gasteiger charge is -2.31. The summed E-state index contributed by atoms with van der Waals surface area (Å²) >= 11 is 0. The van der Waals surface area contributed by atoms with E-state index in [0.29, 0.717) is 31.5 Å². The smallest absolute Gasteiger partial charge is 0.387 e. The summed E-state index contributed by atoms with van der Waals surface area (Å²) < 4.78 is 56.6. The van der Waals surface area contributed by atoms with Gasteiger partial charge in [0.25, 0.3) is 5.69 Å². The van der Waals surface area contributed by atoms with Crippen molar-refractivity contribution in [3.05, 3.63) is 27.8 Å². The molecule has 27 heavy (non-hydrogen) atoms. The van der Waals surface area contributed by atoms with Crippen molar-refractivity contribution in [2.75, 3.05) is 26.0 Å². The molecule has 1 aromatic carbocycles. The van der Waals surface area contributed by atoms with Crippen LogP contribution in [-0.2, 0) is 16.6 Å². The van der Waals surface area contributed by atoms with Gasteiger partial charge < -0.3 is 9.47 Å². The zero-order chi connectivity index (χ0) is 20.2. The summed E-state index contributed by atoms with van der Waals surface area (Å²) in [7, 11) is -2.29. The summed E-state index contributed by atoms with van der Waals surface area (Å²) in [5.41, 5.74) is -0.0542. The maximum absolute atomic E-state index is 12.5. The molecule has 0 atom stereocenters. The zero-order valence-electron chi connectivity index (χ0n) is 14.6. The van der Waals surface area contributed by atoms with Crippen LogP contribution in [0, 0.1) is 16.0 Å². The minimum absolute atomic E-state index is 0.0278. The van der Waals surface area contributed by atoms with Crippen molar-refractivity contribution >= 4 is 15.7 Å². The molecule has 2 N–H and O–H groups in total. The van der Waals surface area contributed by atoms with Gasteiger partial charge in [-0.15, -0.1) is 0 Å². The van der Waals surface area contributed by atoms with Gasteiger partial charge in [-0.3, -0.25) is 15.0 Å². The van der Waals surface area contributed by atoms with Gasteiger partial charge in [0.2, 0.25) is 10.0 Å². The van der Waals surface area contributed by atoms with Crippen LogP contribution in [0.15, 0.2) is 12.1 Å². The lowest BCUT2D eigenvalue weighted by molar-refractivity contribution is -0.385. The Morgan fingerprint density at radius 3 is 2.44 bits per heavy atom. The average molecular weight is 409 g/mol. The SMILES string of the molecule is COc1cc(CN2CCC(CS(N)(=O)=O)CC2)c([N+](=O)[O-])cc1OC(F)F. The van der Waals surface area contributed by atoms with Gasteiger partial charge in [0.15, 0.2) is 11.5 Å². The minimum atomic E-state index is -3.54. The monoisotopic (exact) mass is 409 g/mol. The number of ether oxygens (including phenoxy) is 2. The first kappa shape index (κ1) is 21.3. The molecule has 1 aliphatic rings. The van der Waals surface area contributed by atoms with Crippen molar-refractivity contribution in [3.8, 4) is 11.5 Å². The van der Waals surface area contributed by atoms with Crippen LogP contribution in [0.3, 0.4) is 0 Å². The van der Waals surface area contributed by atoms with Crippen LogP contribution in [0.2, 0.25) is 0 Å². The number of rotatable bonds is 8. The Kier molecular flexibility index (Phi) is 6.89. The van der Waals surface area contributed by atoms with Crippen LogP contribution >= 0.6 is 0 Å². The van der Waals surface area contributed by atoms with E-state index in [2.05, 4.69) is 4.74 Å². The van der Waals surface area contributed by atoms with E-state index in [1.54, 1.807) is 0 Å². The summed E-state index contributed by atoms with van der Waals surface area (Å²) in [5.74, 6) is -0.577. The van der Waals surface area contributed by atoms with E-state index in [1.807, 2.05) is 4.90 Å². The molecule has 2 rings (SSSR count). The molecule has 0 radical (unpaired) electrons. The first-order valence-corrected chi connectivity index (χ1v) is 9.83. The number of hydrogen-bond acceptors (Lipinski definition) is 7. The van der Waals surface area contributed by atoms with E-state index < -0.39 is 27.3 Å².